The number of aromatic amines is 1. The van der Waals surface area contributed by atoms with Crippen molar-refractivity contribution >= 4 is 33.1 Å². The van der Waals surface area contributed by atoms with Gasteiger partial charge >= 0.3 is 0 Å². The van der Waals surface area contributed by atoms with Gasteiger partial charge in [-0.15, -0.1) is 11.3 Å². The average molecular weight is 519 g/mol. The van der Waals surface area contributed by atoms with E-state index in [-0.39, 0.29) is 5.91 Å². The molecule has 0 spiro atoms. The number of nitrogens with two attached hydrogens (primary N) is 1. The van der Waals surface area contributed by atoms with E-state index in [2.05, 4.69) is 46.9 Å². The van der Waals surface area contributed by atoms with Gasteiger partial charge < -0.3 is 15.5 Å². The molecule has 194 valence electrons. The fraction of sp³-hybridized carbons (Fsp3) is 0.536. The summed E-state index contributed by atoms with van der Waals surface area (Å²) in [7, 11) is 0. The summed E-state index contributed by atoms with van der Waals surface area (Å²) in [6.45, 7) is 10.4. The van der Waals surface area contributed by atoms with Gasteiger partial charge in [0.2, 0.25) is 5.91 Å². The van der Waals surface area contributed by atoms with Gasteiger partial charge in [-0.25, -0.2) is 9.50 Å². The number of hydrogen-bond acceptors (Lipinski definition) is 6. The van der Waals surface area contributed by atoms with Crippen LogP contribution in [0.2, 0.25) is 0 Å². The molecule has 0 saturated carbocycles. The summed E-state index contributed by atoms with van der Waals surface area (Å²) in [4.78, 5) is 25.3. The van der Waals surface area contributed by atoms with Gasteiger partial charge in [0.05, 0.1) is 25.5 Å². The van der Waals surface area contributed by atoms with Crippen LogP contribution in [0.5, 0.6) is 0 Å². The van der Waals surface area contributed by atoms with Crippen molar-refractivity contribution in [2.75, 3.05) is 6.54 Å². The Hall–Kier alpha value is -2.75. The van der Waals surface area contributed by atoms with E-state index < -0.39 is 0 Å². The summed E-state index contributed by atoms with van der Waals surface area (Å²) in [5.74, 6) is 1.48. The van der Waals surface area contributed by atoms with Gasteiger partial charge in [-0.05, 0) is 68.1 Å². The smallest absolute Gasteiger partial charge is 0.231 e. The molecule has 3 aliphatic heterocycles. The first kappa shape index (κ1) is 23.4. The molecule has 8 nitrogen and oxygen atoms in total. The quantitative estimate of drug-likeness (QED) is 0.391. The van der Waals surface area contributed by atoms with E-state index in [9.17, 15) is 4.79 Å². The lowest BCUT2D eigenvalue weighted by Crippen LogP contribution is -2.46. The number of piperidine rings is 1. The highest BCUT2D eigenvalue weighted by atomic mass is 32.1. The first-order valence-electron chi connectivity index (χ1n) is 13.4. The molecule has 0 radical (unpaired) electrons. The molecule has 2 fully saturated rings. The van der Waals surface area contributed by atoms with Crippen molar-refractivity contribution in [1.82, 2.24) is 24.5 Å². The van der Waals surface area contributed by atoms with E-state index in [4.69, 9.17) is 10.5 Å². The Morgan fingerprint density at radius 2 is 1.95 bits per heavy atom. The molecule has 4 aromatic heterocycles. The molecule has 3 aliphatic rings. The maximum atomic E-state index is 11.6. The van der Waals surface area contributed by atoms with Crippen molar-refractivity contribution in [2.45, 2.75) is 90.5 Å². The monoisotopic (exact) mass is 518 g/mol. The van der Waals surface area contributed by atoms with Crippen LogP contribution in [0, 0.1) is 13.8 Å². The molecule has 3 N–H and O–H groups in total. The summed E-state index contributed by atoms with van der Waals surface area (Å²) < 4.78 is 7.83. The van der Waals surface area contributed by atoms with Crippen LogP contribution in [0.1, 0.15) is 84.3 Å². The second kappa shape index (κ2) is 8.38. The predicted octanol–water partition coefficient (Wildman–Crippen LogP) is 4.91. The summed E-state index contributed by atoms with van der Waals surface area (Å²) in [5.41, 5.74) is 14.0. The number of fused-ring (bicyclic) bond motifs is 6. The highest BCUT2D eigenvalue weighted by Crippen LogP contribution is 2.50. The molecule has 2 saturated heterocycles. The molecule has 0 aliphatic carbocycles. The number of thiophene rings is 1. The van der Waals surface area contributed by atoms with Crippen LogP contribution in [-0.4, -0.2) is 49.0 Å². The third kappa shape index (κ3) is 3.51. The Morgan fingerprint density at radius 3 is 2.65 bits per heavy atom. The van der Waals surface area contributed by atoms with Gasteiger partial charge in [0, 0.05) is 39.7 Å². The van der Waals surface area contributed by atoms with E-state index in [1.165, 1.54) is 55.9 Å². The van der Waals surface area contributed by atoms with Gasteiger partial charge in [0.15, 0.2) is 5.65 Å². The normalized spacial score (nSPS) is 23.6. The number of amides is 1. The SMILES string of the molecule is Cc1nc2c3c(c(-c4[nH]c5sc(C6C[C@H]7CC[C@@H](C6)N7CC(N)=O)c(C)c5c4C(C)C)cn2n1)COC3. The minimum Gasteiger partial charge on any atom is -0.372 e. The van der Waals surface area contributed by atoms with Crippen LogP contribution in [0.25, 0.3) is 27.1 Å². The zero-order valence-electron chi connectivity index (χ0n) is 21.9. The average Bonchev–Trinajstić information content (AvgIpc) is 3.62. The standard InChI is InChI=1S/C28H34N6O2S/c1-13(2)23-24-14(3)26(16-7-17-5-6-18(8-16)33(17)10-22(29)35)37-28(24)31-25(23)19-9-34-27(30-15(4)32-34)21-12-36-11-20(19)21/h9,13,16-18,31H,5-8,10-12H2,1-4H3,(H2,29,35)/t16?,17-,18+. The topological polar surface area (TPSA) is 102 Å². The molecular weight excluding hydrogens is 484 g/mol. The van der Waals surface area contributed by atoms with Crippen LogP contribution in [0.3, 0.4) is 0 Å². The molecule has 37 heavy (non-hydrogen) atoms. The summed E-state index contributed by atoms with van der Waals surface area (Å²) >= 11 is 1.93. The van der Waals surface area contributed by atoms with Crippen molar-refractivity contribution in [2.24, 2.45) is 5.73 Å². The predicted molar refractivity (Wildman–Crippen MR) is 145 cm³/mol. The lowest BCUT2D eigenvalue weighted by molar-refractivity contribution is -0.120. The molecule has 7 rings (SSSR count). The van der Waals surface area contributed by atoms with E-state index in [1.54, 1.807) is 0 Å². The first-order valence-corrected chi connectivity index (χ1v) is 14.3. The van der Waals surface area contributed by atoms with Gasteiger partial charge in [-0.1, -0.05) is 13.8 Å². The molecule has 0 aromatic carbocycles. The molecule has 7 heterocycles. The van der Waals surface area contributed by atoms with E-state index in [0.29, 0.717) is 43.7 Å². The van der Waals surface area contributed by atoms with E-state index in [1.807, 2.05) is 22.8 Å². The summed E-state index contributed by atoms with van der Waals surface area (Å²) in [5, 5.41) is 6.02. The fourth-order valence-electron chi connectivity index (χ4n) is 7.37. The van der Waals surface area contributed by atoms with Gasteiger partial charge in [-0.3, -0.25) is 9.69 Å². The van der Waals surface area contributed by atoms with Gasteiger partial charge in [-0.2, -0.15) is 5.10 Å². The zero-order valence-corrected chi connectivity index (χ0v) is 22.7. The Labute approximate surface area is 220 Å². The molecular formula is C28H34N6O2S. The third-order valence-corrected chi connectivity index (χ3v) is 10.2. The zero-order chi connectivity index (χ0) is 25.6. The number of carbonyl (C=O) groups is 1. The molecule has 1 amide bonds. The van der Waals surface area contributed by atoms with E-state index >= 15 is 0 Å². The molecule has 2 bridgehead atoms. The number of primary amides is 1. The maximum Gasteiger partial charge on any atom is 0.231 e. The second-order valence-corrected chi connectivity index (χ2v) is 12.5. The van der Waals surface area contributed by atoms with Crippen LogP contribution in [-0.2, 0) is 22.7 Å². The minimum absolute atomic E-state index is 0.207. The number of nitrogens with zero attached hydrogens (tertiary/aromatic N) is 4. The lowest BCUT2D eigenvalue weighted by Gasteiger charge is -2.38. The number of ether oxygens (including phenoxy) is 1. The number of H-pyrrole nitrogens is 1. The van der Waals surface area contributed by atoms with Crippen LogP contribution >= 0.6 is 11.3 Å². The number of nitrogens with one attached hydrogen (secondary N) is 1. The summed E-state index contributed by atoms with van der Waals surface area (Å²) in [6.07, 6.45) is 6.72. The van der Waals surface area contributed by atoms with Crippen molar-refractivity contribution in [3.63, 3.8) is 0 Å². The Kier molecular flexibility index (Phi) is 5.29. The number of aryl methyl sites for hydroxylation is 2. The Morgan fingerprint density at radius 1 is 1.22 bits per heavy atom. The van der Waals surface area contributed by atoms with Crippen molar-refractivity contribution < 1.29 is 9.53 Å². The number of hydrogen-bond donors (Lipinski definition) is 2. The number of carbonyl (C=O) groups excluding carboxylic acids is 1. The molecule has 4 aromatic rings. The highest BCUT2D eigenvalue weighted by Gasteiger charge is 2.42. The Balaban J connectivity index is 1.32. The molecule has 9 heteroatoms. The van der Waals surface area contributed by atoms with Crippen LogP contribution < -0.4 is 5.73 Å². The first-order chi connectivity index (χ1) is 17.8. The number of aromatic nitrogens is 4. The van der Waals surface area contributed by atoms with Crippen LogP contribution in [0.4, 0.5) is 0 Å². The molecule has 1 unspecified atom stereocenters. The fourth-order valence-corrected chi connectivity index (χ4v) is 8.72. The van der Waals surface area contributed by atoms with E-state index in [0.717, 1.165) is 29.9 Å². The summed E-state index contributed by atoms with van der Waals surface area (Å²) in [6, 6.07) is 0.938. The van der Waals surface area contributed by atoms with Crippen molar-refractivity contribution in [3.8, 4) is 11.3 Å². The van der Waals surface area contributed by atoms with Crippen molar-refractivity contribution in [3.05, 3.63) is 39.2 Å². The molecule has 3 atom stereocenters. The van der Waals surface area contributed by atoms with Gasteiger partial charge in [0.25, 0.3) is 0 Å². The maximum absolute atomic E-state index is 11.6. The number of pyridine rings is 1. The minimum atomic E-state index is -0.207. The Bertz CT molecular complexity index is 1550. The van der Waals surface area contributed by atoms with Crippen LogP contribution in [0.15, 0.2) is 6.20 Å². The number of rotatable bonds is 5. The second-order valence-electron chi connectivity index (χ2n) is 11.5. The third-order valence-electron chi connectivity index (χ3n) is 8.84. The largest absolute Gasteiger partial charge is 0.372 e. The van der Waals surface area contributed by atoms with Crippen molar-refractivity contribution in [1.29, 1.82) is 0 Å². The highest BCUT2D eigenvalue weighted by molar-refractivity contribution is 7.19. The van der Waals surface area contributed by atoms with Gasteiger partial charge in [0.1, 0.15) is 10.7 Å². The lowest BCUT2D eigenvalue weighted by atomic mass is 9.86.